The molecule has 0 saturated heterocycles. The number of hydrogen-bond acceptors (Lipinski definition) is 4. The number of benzene rings is 1. The molecule has 2 aromatic rings. The van der Waals surface area contributed by atoms with Crippen LogP contribution in [0.3, 0.4) is 0 Å². The molecule has 0 radical (unpaired) electrons. The number of nitrogens with one attached hydrogen (secondary N) is 1. The van der Waals surface area contributed by atoms with Crippen molar-refractivity contribution in [1.82, 2.24) is 5.32 Å². The lowest BCUT2D eigenvalue weighted by atomic mass is 9.64. The minimum atomic E-state index is -0.354. The molecule has 1 aromatic carbocycles. The standard InChI is InChI=1S/C15H18N2O2S/c1-15(2)10(7-11(15)18)17-14(19)13-12(16)8-5-3-4-6-9(8)20-13/h3-6,10-11,18H,7,16H2,1-2H3,(H,17,19). The van der Waals surface area contributed by atoms with E-state index in [1.54, 1.807) is 0 Å². The largest absolute Gasteiger partial charge is 0.397 e. The molecular weight excluding hydrogens is 272 g/mol. The van der Waals surface area contributed by atoms with E-state index < -0.39 is 0 Å². The predicted octanol–water partition coefficient (Wildman–Crippen LogP) is 2.37. The Morgan fingerprint density at radius 3 is 2.75 bits per heavy atom. The zero-order valence-electron chi connectivity index (χ0n) is 11.5. The highest BCUT2D eigenvalue weighted by Gasteiger charge is 2.48. The van der Waals surface area contributed by atoms with Crippen molar-refractivity contribution in [1.29, 1.82) is 0 Å². The molecule has 2 atom stereocenters. The molecule has 1 amide bonds. The van der Waals surface area contributed by atoms with Gasteiger partial charge in [-0.3, -0.25) is 4.79 Å². The van der Waals surface area contributed by atoms with Crippen LogP contribution < -0.4 is 11.1 Å². The minimum absolute atomic E-state index is 0.00499. The molecule has 1 saturated carbocycles. The molecule has 4 nitrogen and oxygen atoms in total. The summed E-state index contributed by atoms with van der Waals surface area (Å²) in [5, 5.41) is 13.6. The molecule has 1 heterocycles. The van der Waals surface area contributed by atoms with Gasteiger partial charge in [-0.2, -0.15) is 0 Å². The first kappa shape index (κ1) is 13.4. The van der Waals surface area contributed by atoms with E-state index in [4.69, 9.17) is 5.73 Å². The van der Waals surface area contributed by atoms with E-state index in [9.17, 15) is 9.90 Å². The van der Waals surface area contributed by atoms with E-state index >= 15 is 0 Å². The molecule has 0 spiro atoms. The number of carbonyl (C=O) groups is 1. The van der Waals surface area contributed by atoms with Crippen LogP contribution in [-0.2, 0) is 0 Å². The maximum absolute atomic E-state index is 12.4. The molecule has 106 valence electrons. The van der Waals surface area contributed by atoms with Gasteiger partial charge in [0.1, 0.15) is 4.88 Å². The van der Waals surface area contributed by atoms with Crippen LogP contribution in [0.2, 0.25) is 0 Å². The summed E-state index contributed by atoms with van der Waals surface area (Å²) in [6.07, 6.45) is 0.247. The molecule has 2 unspecified atom stereocenters. The Hall–Kier alpha value is -1.59. The fourth-order valence-corrected chi connectivity index (χ4v) is 3.63. The van der Waals surface area contributed by atoms with Crippen molar-refractivity contribution < 1.29 is 9.90 Å². The molecule has 4 N–H and O–H groups in total. The van der Waals surface area contributed by atoms with Crippen molar-refractivity contribution in [3.63, 3.8) is 0 Å². The normalized spacial score (nSPS) is 24.4. The highest BCUT2D eigenvalue weighted by molar-refractivity contribution is 7.21. The molecule has 1 aromatic heterocycles. The van der Waals surface area contributed by atoms with Crippen molar-refractivity contribution in [3.05, 3.63) is 29.1 Å². The molecule has 0 aliphatic heterocycles. The molecular formula is C15H18N2O2S. The highest BCUT2D eigenvalue weighted by atomic mass is 32.1. The number of aliphatic hydroxyl groups excluding tert-OH is 1. The lowest BCUT2D eigenvalue weighted by Gasteiger charge is -2.49. The number of rotatable bonds is 2. The fraction of sp³-hybridized carbons (Fsp3) is 0.400. The van der Waals surface area contributed by atoms with Gasteiger partial charge >= 0.3 is 0 Å². The van der Waals surface area contributed by atoms with Crippen molar-refractivity contribution in [2.24, 2.45) is 5.41 Å². The number of amides is 1. The lowest BCUT2D eigenvalue weighted by molar-refractivity contribution is -0.0689. The van der Waals surface area contributed by atoms with Crippen LogP contribution in [0.15, 0.2) is 24.3 Å². The summed E-state index contributed by atoms with van der Waals surface area (Å²) in [7, 11) is 0. The topological polar surface area (TPSA) is 75.3 Å². The third-order valence-corrected chi connectivity index (χ3v) is 5.55. The first-order valence-electron chi connectivity index (χ1n) is 6.67. The number of thiophene rings is 1. The third-order valence-electron chi connectivity index (χ3n) is 4.36. The number of aliphatic hydroxyl groups is 1. The van der Waals surface area contributed by atoms with E-state index in [0.717, 1.165) is 10.1 Å². The lowest BCUT2D eigenvalue weighted by Crippen LogP contribution is -2.61. The van der Waals surface area contributed by atoms with Crippen LogP contribution >= 0.6 is 11.3 Å². The summed E-state index contributed by atoms with van der Waals surface area (Å²) in [5.41, 5.74) is 6.34. The fourth-order valence-electron chi connectivity index (χ4n) is 2.61. The maximum Gasteiger partial charge on any atom is 0.263 e. The summed E-state index contributed by atoms with van der Waals surface area (Å²) in [6.45, 7) is 3.92. The molecule has 1 aliphatic carbocycles. The van der Waals surface area contributed by atoms with E-state index in [2.05, 4.69) is 5.32 Å². The number of nitrogen functional groups attached to an aromatic ring is 1. The second-order valence-corrected chi connectivity index (χ2v) is 6.99. The van der Waals surface area contributed by atoms with Gasteiger partial charge in [-0.25, -0.2) is 0 Å². The van der Waals surface area contributed by atoms with Crippen molar-refractivity contribution in [2.45, 2.75) is 32.4 Å². The molecule has 1 fully saturated rings. The Morgan fingerprint density at radius 2 is 2.15 bits per heavy atom. The molecule has 0 bridgehead atoms. The number of fused-ring (bicyclic) bond motifs is 1. The van der Waals surface area contributed by atoms with Gasteiger partial charge in [0.15, 0.2) is 0 Å². The predicted molar refractivity (Wildman–Crippen MR) is 81.9 cm³/mol. The first-order valence-corrected chi connectivity index (χ1v) is 7.49. The van der Waals surface area contributed by atoms with Gasteiger partial charge in [0, 0.05) is 21.5 Å². The Balaban J connectivity index is 1.85. The molecule has 3 rings (SSSR count). The number of carbonyl (C=O) groups excluding carboxylic acids is 1. The summed E-state index contributed by atoms with van der Waals surface area (Å²) >= 11 is 1.41. The average molecular weight is 290 g/mol. The minimum Gasteiger partial charge on any atom is -0.397 e. The molecule has 20 heavy (non-hydrogen) atoms. The maximum atomic E-state index is 12.4. The Bertz CT molecular complexity index is 678. The van der Waals surface area contributed by atoms with E-state index in [-0.39, 0.29) is 23.5 Å². The van der Waals surface area contributed by atoms with Crippen LogP contribution in [0, 0.1) is 5.41 Å². The van der Waals surface area contributed by atoms with Crippen LogP contribution in [0.5, 0.6) is 0 Å². The summed E-state index contributed by atoms with van der Waals surface area (Å²) in [4.78, 5) is 12.9. The SMILES string of the molecule is CC1(C)C(O)CC1NC(=O)c1sc2ccccc2c1N. The van der Waals surface area contributed by atoms with Gasteiger partial charge in [0.2, 0.25) is 0 Å². The Kier molecular flexibility index (Phi) is 2.99. The van der Waals surface area contributed by atoms with Crippen LogP contribution in [0.25, 0.3) is 10.1 Å². The van der Waals surface area contributed by atoms with E-state index in [1.165, 1.54) is 11.3 Å². The Labute approximate surface area is 121 Å². The smallest absolute Gasteiger partial charge is 0.263 e. The second-order valence-electron chi connectivity index (χ2n) is 5.94. The quantitative estimate of drug-likeness (QED) is 0.795. The van der Waals surface area contributed by atoms with Gasteiger partial charge in [0.25, 0.3) is 5.91 Å². The van der Waals surface area contributed by atoms with E-state index in [1.807, 2.05) is 38.1 Å². The molecule has 5 heteroatoms. The monoisotopic (exact) mass is 290 g/mol. The van der Waals surface area contributed by atoms with Gasteiger partial charge in [-0.05, 0) is 12.5 Å². The summed E-state index contributed by atoms with van der Waals surface area (Å²) in [6, 6.07) is 7.73. The third kappa shape index (κ3) is 1.89. The average Bonchev–Trinajstić information content (AvgIpc) is 2.76. The van der Waals surface area contributed by atoms with Gasteiger partial charge in [-0.1, -0.05) is 32.0 Å². The number of hydrogen-bond donors (Lipinski definition) is 3. The van der Waals surface area contributed by atoms with Crippen LogP contribution in [0.1, 0.15) is 29.9 Å². The number of anilines is 1. The second kappa shape index (κ2) is 4.46. The Morgan fingerprint density at radius 1 is 1.45 bits per heavy atom. The highest BCUT2D eigenvalue weighted by Crippen LogP contribution is 2.41. The zero-order valence-corrected chi connectivity index (χ0v) is 12.3. The van der Waals surface area contributed by atoms with Gasteiger partial charge < -0.3 is 16.2 Å². The van der Waals surface area contributed by atoms with Crippen LogP contribution in [-0.4, -0.2) is 23.2 Å². The van der Waals surface area contributed by atoms with Crippen molar-refractivity contribution in [3.8, 4) is 0 Å². The van der Waals surface area contributed by atoms with Crippen LogP contribution in [0.4, 0.5) is 5.69 Å². The molecule has 1 aliphatic rings. The van der Waals surface area contributed by atoms with Gasteiger partial charge in [0.05, 0.1) is 11.8 Å². The van der Waals surface area contributed by atoms with Crippen molar-refractivity contribution in [2.75, 3.05) is 5.73 Å². The van der Waals surface area contributed by atoms with Crippen molar-refractivity contribution >= 4 is 33.0 Å². The summed E-state index contributed by atoms with van der Waals surface area (Å²) in [5.74, 6) is -0.145. The summed E-state index contributed by atoms with van der Waals surface area (Å²) < 4.78 is 1.02. The van der Waals surface area contributed by atoms with Gasteiger partial charge in [-0.15, -0.1) is 11.3 Å². The van der Waals surface area contributed by atoms with E-state index in [0.29, 0.717) is 17.0 Å². The first-order chi connectivity index (χ1) is 9.41. The zero-order chi connectivity index (χ0) is 14.5. The number of nitrogens with two attached hydrogens (primary N) is 1.